The van der Waals surface area contributed by atoms with Crippen LogP contribution in [0, 0.1) is 11.8 Å². The fourth-order valence-electron chi connectivity index (χ4n) is 4.16. The molecular weight excluding hydrogens is 448 g/mol. The topological polar surface area (TPSA) is 73.5 Å². The van der Waals surface area contributed by atoms with Crippen LogP contribution in [0.25, 0.3) is 11.3 Å². The highest BCUT2D eigenvalue weighted by Crippen LogP contribution is 2.38. The van der Waals surface area contributed by atoms with Crippen molar-refractivity contribution in [2.75, 3.05) is 24.7 Å². The summed E-state index contributed by atoms with van der Waals surface area (Å²) in [6.45, 7) is 0.857. The molecule has 3 aromatic rings. The molecule has 1 aliphatic heterocycles. The third kappa shape index (κ3) is 5.48. The van der Waals surface area contributed by atoms with E-state index in [9.17, 15) is 9.59 Å². The molecule has 0 saturated heterocycles. The molecule has 180 valence electrons. The van der Waals surface area contributed by atoms with E-state index in [4.69, 9.17) is 0 Å². The third-order valence-electron chi connectivity index (χ3n) is 6.03. The van der Waals surface area contributed by atoms with Crippen molar-refractivity contribution in [3.8, 4) is 11.8 Å². The Morgan fingerprint density at radius 2 is 1.78 bits per heavy atom. The van der Waals surface area contributed by atoms with Gasteiger partial charge in [-0.2, -0.15) is 0 Å². The smallest absolute Gasteiger partial charge is 0.296 e. The number of hydrogen-bond donors (Lipinski definition) is 3. The van der Waals surface area contributed by atoms with Crippen LogP contribution in [0.5, 0.6) is 0 Å². The Morgan fingerprint density at radius 1 is 1.03 bits per heavy atom. The zero-order valence-corrected chi connectivity index (χ0v) is 20.4. The van der Waals surface area contributed by atoms with Gasteiger partial charge in [0.1, 0.15) is 0 Å². The first kappa shape index (κ1) is 23.4. The number of nitrogens with zero attached hydrogens (tertiary/aromatic N) is 1. The van der Waals surface area contributed by atoms with Gasteiger partial charge in [0.05, 0.1) is 17.0 Å². The maximum Gasteiger partial charge on any atom is 0.296 e. The Balaban J connectivity index is 1.48. The highest BCUT2D eigenvalue weighted by atomic mass is 16.2. The van der Waals surface area contributed by atoms with Crippen molar-refractivity contribution in [1.82, 2.24) is 10.2 Å². The van der Waals surface area contributed by atoms with E-state index >= 15 is 0 Å². The minimum Gasteiger partial charge on any atom is -0.354 e. The van der Waals surface area contributed by atoms with E-state index in [1.165, 1.54) is 5.56 Å². The molecule has 2 amide bonds. The lowest BCUT2D eigenvalue weighted by Gasteiger charge is -2.16. The number of rotatable bonds is 6. The number of carbonyl (C=O) groups is 2. The van der Waals surface area contributed by atoms with Crippen LogP contribution in [0.2, 0.25) is 0 Å². The van der Waals surface area contributed by atoms with Gasteiger partial charge in [0, 0.05) is 35.3 Å². The molecule has 6 nitrogen and oxygen atoms in total. The Labute approximate surface area is 211 Å². The van der Waals surface area contributed by atoms with Crippen LogP contribution in [-0.2, 0) is 16.1 Å². The maximum atomic E-state index is 13.2. The molecule has 0 aromatic heterocycles. The molecule has 2 aliphatic rings. The minimum atomic E-state index is -0.269. The highest BCUT2D eigenvalue weighted by Gasteiger charge is 2.28. The predicted molar refractivity (Wildman–Crippen MR) is 144 cm³/mol. The second kappa shape index (κ2) is 10.1. The number of carbonyl (C=O) groups excluding carboxylic acids is 2. The molecule has 36 heavy (non-hydrogen) atoms. The van der Waals surface area contributed by atoms with E-state index in [0.717, 1.165) is 41.9 Å². The number of amides is 2. The molecule has 5 rings (SSSR count). The lowest BCUT2D eigenvalue weighted by atomic mass is 9.99. The Morgan fingerprint density at radius 3 is 2.47 bits per heavy atom. The highest BCUT2D eigenvalue weighted by molar-refractivity contribution is 6.37. The monoisotopic (exact) mass is 476 g/mol. The van der Waals surface area contributed by atoms with Crippen molar-refractivity contribution in [2.45, 2.75) is 25.4 Å². The molecule has 0 radical (unpaired) electrons. The van der Waals surface area contributed by atoms with Crippen LogP contribution in [0.15, 0.2) is 72.8 Å². The Kier molecular flexibility index (Phi) is 6.57. The summed E-state index contributed by atoms with van der Waals surface area (Å²) in [5, 5.41) is 9.32. The van der Waals surface area contributed by atoms with Crippen LogP contribution in [0.4, 0.5) is 11.4 Å². The molecule has 1 heterocycles. The fourth-order valence-corrected chi connectivity index (χ4v) is 4.16. The Bertz CT molecular complexity index is 1390. The minimum absolute atomic E-state index is 0.183. The van der Waals surface area contributed by atoms with Gasteiger partial charge in [-0.3, -0.25) is 9.59 Å². The third-order valence-corrected chi connectivity index (χ3v) is 6.03. The van der Waals surface area contributed by atoms with Gasteiger partial charge in [-0.1, -0.05) is 54.5 Å². The molecule has 6 heteroatoms. The van der Waals surface area contributed by atoms with Gasteiger partial charge in [-0.05, 0) is 62.3 Å². The average Bonchev–Trinajstić information content (AvgIpc) is 3.62. The zero-order chi connectivity index (χ0) is 25.1. The molecule has 1 aliphatic carbocycles. The van der Waals surface area contributed by atoms with Gasteiger partial charge in [0.2, 0.25) is 0 Å². The first-order valence-electron chi connectivity index (χ1n) is 12.0. The summed E-state index contributed by atoms with van der Waals surface area (Å²) in [4.78, 5) is 27.3. The number of hydrogen-bond acceptors (Lipinski definition) is 4. The summed E-state index contributed by atoms with van der Waals surface area (Å²) in [6.07, 6.45) is 2.04. The molecule has 1 saturated carbocycles. The van der Waals surface area contributed by atoms with Crippen molar-refractivity contribution >= 4 is 34.5 Å². The van der Waals surface area contributed by atoms with Crippen LogP contribution in [0.1, 0.15) is 35.1 Å². The average molecular weight is 477 g/mol. The summed E-state index contributed by atoms with van der Waals surface area (Å²) >= 11 is 0. The van der Waals surface area contributed by atoms with Crippen molar-refractivity contribution < 1.29 is 9.59 Å². The molecule has 0 spiro atoms. The molecule has 0 unspecified atom stereocenters. The van der Waals surface area contributed by atoms with Gasteiger partial charge in [0.15, 0.2) is 0 Å². The standard InChI is InChI=1S/C30H28N4O2/c1-34(2)19-21-8-12-24(13-9-21)32-29(22-6-4-3-5-7-22)28-25-16-10-20(18-26(25)33-30(28)36)11-17-27(35)31-23-14-15-23/h3-10,12-13,16,18,23,32H,14-15,19H2,1-2H3,(H,31,35)(H,33,36)/b29-28-. The van der Waals surface area contributed by atoms with Crippen LogP contribution < -0.4 is 16.0 Å². The summed E-state index contributed by atoms with van der Waals surface area (Å²) in [5.41, 5.74) is 6.47. The van der Waals surface area contributed by atoms with Crippen LogP contribution >= 0.6 is 0 Å². The van der Waals surface area contributed by atoms with E-state index in [1.54, 1.807) is 0 Å². The Hall–Kier alpha value is -4.34. The summed E-state index contributed by atoms with van der Waals surface area (Å²) < 4.78 is 0. The predicted octanol–water partition coefficient (Wildman–Crippen LogP) is 4.31. The molecule has 3 N–H and O–H groups in total. The van der Waals surface area contributed by atoms with Gasteiger partial charge in [-0.25, -0.2) is 0 Å². The fraction of sp³-hybridized carbons (Fsp3) is 0.200. The van der Waals surface area contributed by atoms with Crippen molar-refractivity contribution in [3.05, 3.63) is 95.1 Å². The van der Waals surface area contributed by atoms with Gasteiger partial charge in [0.25, 0.3) is 11.8 Å². The SMILES string of the molecule is CN(C)Cc1ccc(N/C(=C2\C(=O)Nc3cc(C#CC(=O)NC4CC4)ccc32)c2ccccc2)cc1. The van der Waals surface area contributed by atoms with Gasteiger partial charge >= 0.3 is 0 Å². The summed E-state index contributed by atoms with van der Waals surface area (Å²) in [5.74, 6) is 5.10. The van der Waals surface area contributed by atoms with Crippen LogP contribution in [0.3, 0.4) is 0 Å². The summed E-state index contributed by atoms with van der Waals surface area (Å²) in [6, 6.07) is 23.9. The first-order chi connectivity index (χ1) is 17.5. The van der Waals surface area contributed by atoms with Crippen LogP contribution in [-0.4, -0.2) is 36.9 Å². The summed E-state index contributed by atoms with van der Waals surface area (Å²) in [7, 11) is 4.08. The largest absolute Gasteiger partial charge is 0.354 e. The second-order valence-electron chi connectivity index (χ2n) is 9.39. The molecule has 3 aromatic carbocycles. The number of nitrogens with one attached hydrogen (secondary N) is 3. The number of benzene rings is 3. The first-order valence-corrected chi connectivity index (χ1v) is 12.0. The van der Waals surface area contributed by atoms with E-state index in [1.807, 2.05) is 74.8 Å². The second-order valence-corrected chi connectivity index (χ2v) is 9.39. The molecular formula is C30H28N4O2. The quantitative estimate of drug-likeness (QED) is 0.366. The molecule has 1 fully saturated rings. The normalized spacial score (nSPS) is 15.5. The molecule has 0 atom stereocenters. The maximum absolute atomic E-state index is 13.2. The van der Waals surface area contributed by atoms with E-state index < -0.39 is 0 Å². The van der Waals surface area contributed by atoms with E-state index in [2.05, 4.69) is 44.8 Å². The van der Waals surface area contributed by atoms with Gasteiger partial charge < -0.3 is 20.9 Å². The van der Waals surface area contributed by atoms with Crippen molar-refractivity contribution in [1.29, 1.82) is 0 Å². The number of fused-ring (bicyclic) bond motifs is 1. The lowest BCUT2D eigenvalue weighted by molar-refractivity contribution is -0.115. The van der Waals surface area contributed by atoms with Gasteiger partial charge in [-0.15, -0.1) is 0 Å². The molecule has 0 bridgehead atoms. The lowest BCUT2D eigenvalue weighted by Crippen LogP contribution is -2.23. The van der Waals surface area contributed by atoms with Crippen molar-refractivity contribution in [3.63, 3.8) is 0 Å². The number of anilines is 2. The van der Waals surface area contributed by atoms with E-state index in [-0.39, 0.29) is 17.9 Å². The van der Waals surface area contributed by atoms with E-state index in [0.29, 0.717) is 16.8 Å². The van der Waals surface area contributed by atoms with Crippen molar-refractivity contribution in [2.24, 2.45) is 0 Å². The zero-order valence-electron chi connectivity index (χ0n) is 20.4.